The van der Waals surface area contributed by atoms with Crippen LogP contribution in [-0.4, -0.2) is 6.21 Å². The SMILES string of the molecule is C/C=C\C(C=N)=C(\C)C(C)C. The number of allylic oxidation sites excluding steroid dienone is 4. The maximum absolute atomic E-state index is 7.15. The molecule has 1 heteroatoms. The van der Waals surface area contributed by atoms with Crippen molar-refractivity contribution in [1.29, 1.82) is 5.41 Å². The monoisotopic (exact) mass is 151 g/mol. The highest BCUT2D eigenvalue weighted by molar-refractivity contribution is 5.80. The second-order valence-electron chi connectivity index (χ2n) is 2.94. The van der Waals surface area contributed by atoms with Crippen LogP contribution in [0.25, 0.3) is 0 Å². The Morgan fingerprint density at radius 1 is 1.36 bits per heavy atom. The van der Waals surface area contributed by atoms with Crippen molar-refractivity contribution in [2.24, 2.45) is 5.92 Å². The van der Waals surface area contributed by atoms with Gasteiger partial charge in [0.1, 0.15) is 0 Å². The molecule has 0 amide bonds. The maximum atomic E-state index is 7.15. The van der Waals surface area contributed by atoms with E-state index in [0.717, 1.165) is 5.57 Å². The fourth-order valence-electron chi connectivity index (χ4n) is 0.806. The van der Waals surface area contributed by atoms with Crippen molar-refractivity contribution >= 4 is 6.21 Å². The summed E-state index contributed by atoms with van der Waals surface area (Å²) in [6, 6.07) is 0. The first kappa shape index (κ1) is 10.2. The van der Waals surface area contributed by atoms with Gasteiger partial charge in [-0.25, -0.2) is 0 Å². The second kappa shape index (κ2) is 4.89. The summed E-state index contributed by atoms with van der Waals surface area (Å²) in [4.78, 5) is 0. The molecule has 0 aliphatic rings. The van der Waals surface area contributed by atoms with E-state index in [4.69, 9.17) is 5.41 Å². The summed E-state index contributed by atoms with van der Waals surface area (Å²) in [7, 11) is 0. The van der Waals surface area contributed by atoms with Crippen molar-refractivity contribution in [3.8, 4) is 0 Å². The van der Waals surface area contributed by atoms with Gasteiger partial charge in [0.25, 0.3) is 0 Å². The third-order valence-electron chi connectivity index (χ3n) is 1.82. The fraction of sp³-hybridized carbons (Fsp3) is 0.500. The maximum Gasteiger partial charge on any atom is 0.0249 e. The Hall–Kier alpha value is -0.850. The normalized spacial score (nSPS) is 13.9. The summed E-state index contributed by atoms with van der Waals surface area (Å²) in [5, 5.41) is 7.15. The highest BCUT2D eigenvalue weighted by Crippen LogP contribution is 2.13. The minimum atomic E-state index is 0.530. The molecule has 0 aromatic carbocycles. The van der Waals surface area contributed by atoms with E-state index in [1.54, 1.807) is 0 Å². The van der Waals surface area contributed by atoms with Crippen LogP contribution in [0.3, 0.4) is 0 Å². The molecule has 0 aromatic heterocycles. The lowest BCUT2D eigenvalue weighted by Gasteiger charge is -2.06. The largest absolute Gasteiger partial charge is 0.308 e. The molecular formula is C10H17N. The van der Waals surface area contributed by atoms with E-state index in [2.05, 4.69) is 20.8 Å². The van der Waals surface area contributed by atoms with Crippen LogP contribution >= 0.6 is 0 Å². The van der Waals surface area contributed by atoms with E-state index in [1.807, 2.05) is 19.1 Å². The highest BCUT2D eigenvalue weighted by atomic mass is 14.3. The first-order valence-corrected chi connectivity index (χ1v) is 3.97. The summed E-state index contributed by atoms with van der Waals surface area (Å²) in [5.74, 6) is 0.530. The number of hydrogen-bond donors (Lipinski definition) is 1. The quantitative estimate of drug-likeness (QED) is 0.473. The van der Waals surface area contributed by atoms with Crippen molar-refractivity contribution in [2.45, 2.75) is 27.7 Å². The van der Waals surface area contributed by atoms with Crippen molar-refractivity contribution in [1.82, 2.24) is 0 Å². The molecule has 0 rings (SSSR count). The van der Waals surface area contributed by atoms with Crippen LogP contribution < -0.4 is 0 Å². The molecule has 0 atom stereocenters. The third-order valence-corrected chi connectivity index (χ3v) is 1.82. The number of hydrogen-bond acceptors (Lipinski definition) is 1. The van der Waals surface area contributed by atoms with Gasteiger partial charge in [-0.05, 0) is 25.3 Å². The Labute approximate surface area is 69.3 Å². The van der Waals surface area contributed by atoms with Gasteiger partial charge in [0, 0.05) is 6.21 Å². The van der Waals surface area contributed by atoms with Gasteiger partial charge in [0.2, 0.25) is 0 Å². The zero-order valence-corrected chi connectivity index (χ0v) is 7.81. The lowest BCUT2D eigenvalue weighted by molar-refractivity contribution is 0.766. The molecule has 1 nitrogen and oxygen atoms in total. The van der Waals surface area contributed by atoms with Crippen LogP contribution in [0.2, 0.25) is 0 Å². The van der Waals surface area contributed by atoms with Gasteiger partial charge in [0.15, 0.2) is 0 Å². The molecule has 1 N–H and O–H groups in total. The van der Waals surface area contributed by atoms with E-state index >= 15 is 0 Å². The Balaban J connectivity index is 4.67. The van der Waals surface area contributed by atoms with Gasteiger partial charge in [-0.15, -0.1) is 0 Å². The van der Waals surface area contributed by atoms with Crippen LogP contribution in [-0.2, 0) is 0 Å². The molecule has 62 valence electrons. The van der Waals surface area contributed by atoms with Gasteiger partial charge in [0.05, 0.1) is 0 Å². The Morgan fingerprint density at radius 3 is 2.18 bits per heavy atom. The second-order valence-corrected chi connectivity index (χ2v) is 2.94. The van der Waals surface area contributed by atoms with Crippen LogP contribution in [0.15, 0.2) is 23.3 Å². The van der Waals surface area contributed by atoms with Crippen molar-refractivity contribution in [3.05, 3.63) is 23.3 Å². The molecule has 11 heavy (non-hydrogen) atoms. The number of rotatable bonds is 3. The average Bonchev–Trinajstić information content (AvgIpc) is 1.98. The summed E-state index contributed by atoms with van der Waals surface area (Å²) < 4.78 is 0. The van der Waals surface area contributed by atoms with E-state index in [9.17, 15) is 0 Å². The van der Waals surface area contributed by atoms with E-state index in [1.165, 1.54) is 11.8 Å². The first-order valence-electron chi connectivity index (χ1n) is 3.97. The molecule has 0 aliphatic heterocycles. The lowest BCUT2D eigenvalue weighted by atomic mass is 9.99. The van der Waals surface area contributed by atoms with Gasteiger partial charge < -0.3 is 5.41 Å². The predicted molar refractivity (Wildman–Crippen MR) is 51.1 cm³/mol. The Bertz CT molecular complexity index is 185. The predicted octanol–water partition coefficient (Wildman–Crippen LogP) is 3.18. The first-order chi connectivity index (χ1) is 5.13. The molecule has 0 saturated heterocycles. The van der Waals surface area contributed by atoms with Crippen molar-refractivity contribution in [3.63, 3.8) is 0 Å². The molecule has 0 radical (unpaired) electrons. The van der Waals surface area contributed by atoms with Gasteiger partial charge in [-0.3, -0.25) is 0 Å². The van der Waals surface area contributed by atoms with Crippen LogP contribution in [0.1, 0.15) is 27.7 Å². The van der Waals surface area contributed by atoms with Gasteiger partial charge in [-0.2, -0.15) is 0 Å². The molecule has 0 aromatic rings. The highest BCUT2D eigenvalue weighted by Gasteiger charge is 1.99. The molecule has 0 unspecified atom stereocenters. The van der Waals surface area contributed by atoms with Crippen molar-refractivity contribution in [2.75, 3.05) is 0 Å². The van der Waals surface area contributed by atoms with E-state index in [-0.39, 0.29) is 0 Å². The average molecular weight is 151 g/mol. The van der Waals surface area contributed by atoms with E-state index < -0.39 is 0 Å². The van der Waals surface area contributed by atoms with Crippen molar-refractivity contribution < 1.29 is 0 Å². The Kier molecular flexibility index (Phi) is 4.51. The van der Waals surface area contributed by atoms with Crippen LogP contribution in [0.5, 0.6) is 0 Å². The third kappa shape index (κ3) is 3.17. The summed E-state index contributed by atoms with van der Waals surface area (Å²) in [6.45, 7) is 8.33. The smallest absolute Gasteiger partial charge is 0.0249 e. The molecule has 0 bridgehead atoms. The Morgan fingerprint density at radius 2 is 1.91 bits per heavy atom. The molecule has 0 spiro atoms. The summed E-state index contributed by atoms with van der Waals surface area (Å²) in [6.07, 6.45) is 5.35. The van der Waals surface area contributed by atoms with Crippen LogP contribution in [0, 0.1) is 11.3 Å². The molecule has 0 aliphatic carbocycles. The molecule has 0 saturated carbocycles. The summed E-state index contributed by atoms with van der Waals surface area (Å²) in [5.41, 5.74) is 2.31. The van der Waals surface area contributed by atoms with Gasteiger partial charge in [-0.1, -0.05) is 31.6 Å². The summed E-state index contributed by atoms with van der Waals surface area (Å²) >= 11 is 0. The van der Waals surface area contributed by atoms with E-state index in [0.29, 0.717) is 5.92 Å². The standard InChI is InChI=1S/C10H17N/c1-5-6-10(7-11)9(4)8(2)3/h5-8,11H,1-4H3/b6-5-,10-9+,11-7?. The topological polar surface area (TPSA) is 23.9 Å². The zero-order chi connectivity index (χ0) is 8.85. The van der Waals surface area contributed by atoms with Gasteiger partial charge >= 0.3 is 0 Å². The minimum absolute atomic E-state index is 0.530. The fourth-order valence-corrected chi connectivity index (χ4v) is 0.806. The minimum Gasteiger partial charge on any atom is -0.308 e. The number of nitrogens with one attached hydrogen (secondary N) is 1. The van der Waals surface area contributed by atoms with Crippen LogP contribution in [0.4, 0.5) is 0 Å². The molecule has 0 fully saturated rings. The molecule has 0 heterocycles. The lowest BCUT2D eigenvalue weighted by Crippen LogP contribution is -1.94. The zero-order valence-electron chi connectivity index (χ0n) is 7.81. The molecular weight excluding hydrogens is 134 g/mol.